The van der Waals surface area contributed by atoms with Gasteiger partial charge in [-0.3, -0.25) is 4.79 Å². The van der Waals surface area contributed by atoms with Gasteiger partial charge in [-0.15, -0.1) is 0 Å². The summed E-state index contributed by atoms with van der Waals surface area (Å²) in [5.74, 6) is 0.646. The van der Waals surface area contributed by atoms with Crippen molar-refractivity contribution in [3.63, 3.8) is 0 Å². The molecule has 0 amide bonds. The highest BCUT2D eigenvalue weighted by Gasteiger charge is 2.10. The van der Waals surface area contributed by atoms with E-state index in [0.717, 1.165) is 5.56 Å². The van der Waals surface area contributed by atoms with Gasteiger partial charge in [0.2, 0.25) is 0 Å². The van der Waals surface area contributed by atoms with E-state index in [-0.39, 0.29) is 5.78 Å². The Hall–Kier alpha value is -1.90. The fourth-order valence-electron chi connectivity index (χ4n) is 1.35. The number of hydrogen-bond acceptors (Lipinski definition) is 3. The van der Waals surface area contributed by atoms with Crippen LogP contribution in [0.5, 0.6) is 0 Å². The van der Waals surface area contributed by atoms with Crippen molar-refractivity contribution in [3.8, 4) is 11.3 Å². The molecule has 0 unspecified atom stereocenters. The fraction of sp³-hybridized carbons (Fsp3) is 0.0909. The maximum atomic E-state index is 11.3. The van der Waals surface area contributed by atoms with Gasteiger partial charge in [0.05, 0.1) is 6.20 Å². The summed E-state index contributed by atoms with van der Waals surface area (Å²) in [6, 6.07) is 7.32. The summed E-state index contributed by atoms with van der Waals surface area (Å²) in [5, 5.41) is 0. The quantitative estimate of drug-likeness (QED) is 0.678. The summed E-state index contributed by atoms with van der Waals surface area (Å²) in [6.07, 6.45) is 2.95. The molecule has 0 aliphatic carbocycles. The highest BCUT2D eigenvalue weighted by atomic mass is 16.3. The molecule has 1 aromatic heterocycles. The van der Waals surface area contributed by atoms with Crippen molar-refractivity contribution in [1.29, 1.82) is 0 Å². The second-order valence-electron chi connectivity index (χ2n) is 2.97. The van der Waals surface area contributed by atoms with Gasteiger partial charge in [-0.1, -0.05) is 24.3 Å². The molecular formula is C11H9NO2. The van der Waals surface area contributed by atoms with Gasteiger partial charge in [-0.05, 0) is 6.92 Å². The average molecular weight is 187 g/mol. The first-order chi connectivity index (χ1) is 6.79. The van der Waals surface area contributed by atoms with Gasteiger partial charge in [-0.2, -0.15) is 0 Å². The maximum Gasteiger partial charge on any atom is 0.181 e. The molecule has 0 aliphatic rings. The zero-order valence-corrected chi connectivity index (χ0v) is 7.73. The highest BCUT2D eigenvalue weighted by Crippen LogP contribution is 2.23. The van der Waals surface area contributed by atoms with E-state index in [1.54, 1.807) is 12.3 Å². The lowest BCUT2D eigenvalue weighted by molar-refractivity contribution is 0.101. The smallest absolute Gasteiger partial charge is 0.181 e. The van der Waals surface area contributed by atoms with Crippen LogP contribution in [0.1, 0.15) is 17.3 Å². The van der Waals surface area contributed by atoms with E-state index >= 15 is 0 Å². The van der Waals surface area contributed by atoms with Gasteiger partial charge >= 0.3 is 0 Å². The van der Waals surface area contributed by atoms with Crippen molar-refractivity contribution in [1.82, 2.24) is 4.98 Å². The zero-order valence-electron chi connectivity index (χ0n) is 7.73. The average Bonchev–Trinajstić information content (AvgIpc) is 2.70. The van der Waals surface area contributed by atoms with Crippen molar-refractivity contribution < 1.29 is 9.21 Å². The van der Waals surface area contributed by atoms with E-state index in [9.17, 15) is 4.79 Å². The van der Waals surface area contributed by atoms with Gasteiger partial charge in [0, 0.05) is 11.1 Å². The molecule has 0 radical (unpaired) electrons. The largest absolute Gasteiger partial charge is 0.443 e. The van der Waals surface area contributed by atoms with Gasteiger partial charge in [0.25, 0.3) is 0 Å². The number of nitrogens with zero attached hydrogens (tertiary/aromatic N) is 1. The standard InChI is InChI=1S/C11H9NO2/c1-8(13)9-4-2-3-5-10(9)11-6-12-7-14-11/h2-7H,1H3. The molecule has 1 aromatic carbocycles. The Morgan fingerprint density at radius 1 is 1.36 bits per heavy atom. The molecule has 14 heavy (non-hydrogen) atoms. The van der Waals surface area contributed by atoms with E-state index < -0.39 is 0 Å². The number of benzene rings is 1. The van der Waals surface area contributed by atoms with Crippen LogP contribution in [-0.2, 0) is 0 Å². The molecule has 0 spiro atoms. The summed E-state index contributed by atoms with van der Waals surface area (Å²) >= 11 is 0. The third-order valence-electron chi connectivity index (χ3n) is 2.00. The summed E-state index contributed by atoms with van der Waals surface area (Å²) in [5.41, 5.74) is 1.45. The van der Waals surface area contributed by atoms with Crippen LogP contribution in [0.25, 0.3) is 11.3 Å². The number of hydrogen-bond donors (Lipinski definition) is 0. The Morgan fingerprint density at radius 2 is 2.14 bits per heavy atom. The number of rotatable bonds is 2. The van der Waals surface area contributed by atoms with Crippen LogP contribution in [0.2, 0.25) is 0 Å². The van der Waals surface area contributed by atoms with Crippen LogP contribution in [0.4, 0.5) is 0 Å². The summed E-state index contributed by atoms with van der Waals surface area (Å²) in [7, 11) is 0. The number of Topliss-reactive ketones (excluding diaryl/α,β-unsaturated/α-hetero) is 1. The Labute approximate surface area is 81.4 Å². The fourth-order valence-corrected chi connectivity index (χ4v) is 1.35. The van der Waals surface area contributed by atoms with Gasteiger partial charge in [-0.25, -0.2) is 4.98 Å². The van der Waals surface area contributed by atoms with E-state index in [4.69, 9.17) is 4.42 Å². The van der Waals surface area contributed by atoms with Crippen LogP contribution in [-0.4, -0.2) is 10.8 Å². The predicted molar refractivity (Wildman–Crippen MR) is 51.9 cm³/mol. The minimum absolute atomic E-state index is 0.0250. The van der Waals surface area contributed by atoms with Crippen LogP contribution in [0.15, 0.2) is 41.3 Å². The van der Waals surface area contributed by atoms with Crippen molar-refractivity contribution in [2.45, 2.75) is 6.92 Å². The molecule has 0 fully saturated rings. The SMILES string of the molecule is CC(=O)c1ccccc1-c1cnco1. The minimum Gasteiger partial charge on any atom is -0.443 e. The third-order valence-corrected chi connectivity index (χ3v) is 2.00. The molecule has 2 rings (SSSR count). The molecule has 1 heterocycles. The van der Waals surface area contributed by atoms with E-state index in [1.165, 1.54) is 13.3 Å². The van der Waals surface area contributed by atoms with Crippen molar-refractivity contribution in [3.05, 3.63) is 42.4 Å². The first-order valence-electron chi connectivity index (χ1n) is 4.28. The molecule has 0 bridgehead atoms. The lowest BCUT2D eigenvalue weighted by Gasteiger charge is -2.01. The Kier molecular flexibility index (Phi) is 2.14. The first kappa shape index (κ1) is 8.69. The van der Waals surface area contributed by atoms with E-state index in [2.05, 4.69) is 4.98 Å². The predicted octanol–water partition coefficient (Wildman–Crippen LogP) is 2.54. The lowest BCUT2D eigenvalue weighted by Crippen LogP contribution is -1.94. The highest BCUT2D eigenvalue weighted by molar-refractivity contribution is 6.00. The topological polar surface area (TPSA) is 43.1 Å². The number of carbonyl (C=O) groups is 1. The zero-order chi connectivity index (χ0) is 9.97. The molecule has 0 aliphatic heterocycles. The van der Waals surface area contributed by atoms with Crippen LogP contribution < -0.4 is 0 Å². The molecule has 0 atom stereocenters. The number of oxazole rings is 1. The lowest BCUT2D eigenvalue weighted by atomic mass is 10.0. The minimum atomic E-state index is 0.0250. The van der Waals surface area contributed by atoms with Crippen molar-refractivity contribution in [2.75, 3.05) is 0 Å². The van der Waals surface area contributed by atoms with Gasteiger partial charge < -0.3 is 4.42 Å². The number of aromatic nitrogens is 1. The normalized spacial score (nSPS) is 10.1. The van der Waals surface area contributed by atoms with Crippen molar-refractivity contribution in [2.24, 2.45) is 0 Å². The maximum absolute atomic E-state index is 11.3. The molecule has 3 nitrogen and oxygen atoms in total. The summed E-state index contributed by atoms with van der Waals surface area (Å²) < 4.78 is 5.15. The molecule has 3 heteroatoms. The molecular weight excluding hydrogens is 178 g/mol. The third kappa shape index (κ3) is 1.44. The molecule has 0 saturated heterocycles. The molecule has 0 N–H and O–H groups in total. The molecule has 70 valence electrons. The number of ketones is 1. The van der Waals surface area contributed by atoms with E-state index in [0.29, 0.717) is 11.3 Å². The van der Waals surface area contributed by atoms with Gasteiger partial charge in [0.1, 0.15) is 0 Å². The Morgan fingerprint density at radius 3 is 2.79 bits per heavy atom. The Bertz CT molecular complexity index is 446. The van der Waals surface area contributed by atoms with Crippen LogP contribution in [0.3, 0.4) is 0 Å². The second kappa shape index (κ2) is 3.46. The van der Waals surface area contributed by atoms with Crippen molar-refractivity contribution >= 4 is 5.78 Å². The monoisotopic (exact) mass is 187 g/mol. The van der Waals surface area contributed by atoms with E-state index in [1.807, 2.05) is 18.2 Å². The van der Waals surface area contributed by atoms with Crippen LogP contribution in [0, 0.1) is 0 Å². The van der Waals surface area contributed by atoms with Gasteiger partial charge in [0.15, 0.2) is 17.9 Å². The molecule has 2 aromatic rings. The molecule has 0 saturated carbocycles. The Balaban J connectivity index is 2.58. The summed E-state index contributed by atoms with van der Waals surface area (Å²) in [6.45, 7) is 1.54. The summed E-state index contributed by atoms with van der Waals surface area (Å²) in [4.78, 5) is 15.1. The van der Waals surface area contributed by atoms with Crippen LogP contribution >= 0.6 is 0 Å². The number of carbonyl (C=O) groups excluding carboxylic acids is 1. The first-order valence-corrected chi connectivity index (χ1v) is 4.28. The second-order valence-corrected chi connectivity index (χ2v) is 2.97.